The first-order valence-electron chi connectivity index (χ1n) is 10.4. The fourth-order valence-electron chi connectivity index (χ4n) is 4.23. The van der Waals surface area contributed by atoms with Gasteiger partial charge in [-0.05, 0) is 44.7 Å². The van der Waals surface area contributed by atoms with E-state index in [0.29, 0.717) is 18.0 Å². The molecule has 0 atom stereocenters. The Morgan fingerprint density at radius 1 is 1.07 bits per heavy atom. The van der Waals surface area contributed by atoms with E-state index in [2.05, 4.69) is 20.3 Å². The molecule has 2 fully saturated rings. The van der Waals surface area contributed by atoms with E-state index < -0.39 is 0 Å². The van der Waals surface area contributed by atoms with E-state index in [1.54, 1.807) is 17.5 Å². The summed E-state index contributed by atoms with van der Waals surface area (Å²) < 4.78 is 5.57. The molecule has 5 rings (SSSR count). The molecular weight excluding hydrogens is 370 g/mol. The average molecular weight is 397 g/mol. The van der Waals surface area contributed by atoms with Gasteiger partial charge < -0.3 is 19.6 Å². The monoisotopic (exact) mass is 397 g/mol. The number of hydrazone groups is 1. The number of nitrogens with one attached hydrogen (secondary N) is 1. The van der Waals surface area contributed by atoms with Gasteiger partial charge in [0.2, 0.25) is 11.8 Å². The highest BCUT2D eigenvalue weighted by molar-refractivity contribution is 5.91. The molecule has 4 aliphatic heterocycles. The number of rotatable bonds is 4. The van der Waals surface area contributed by atoms with E-state index in [0.717, 1.165) is 56.6 Å². The van der Waals surface area contributed by atoms with E-state index in [-0.39, 0.29) is 5.75 Å². The second-order valence-electron chi connectivity index (χ2n) is 7.55. The molecule has 0 aromatic heterocycles. The first-order chi connectivity index (χ1) is 14.3. The number of guanidine groups is 1. The Bertz CT molecular complexity index is 870. The lowest BCUT2D eigenvalue weighted by molar-refractivity contribution is 0.271. The molecule has 0 saturated carbocycles. The fourth-order valence-corrected chi connectivity index (χ4v) is 4.23. The van der Waals surface area contributed by atoms with Crippen molar-refractivity contribution in [2.24, 2.45) is 10.1 Å². The van der Waals surface area contributed by atoms with Crippen molar-refractivity contribution in [3.8, 4) is 11.5 Å². The van der Waals surface area contributed by atoms with Crippen LogP contribution >= 0.6 is 0 Å². The molecule has 0 aliphatic carbocycles. The van der Waals surface area contributed by atoms with Gasteiger partial charge in [0, 0.05) is 26.2 Å². The summed E-state index contributed by atoms with van der Waals surface area (Å²) in [7, 11) is 0. The van der Waals surface area contributed by atoms with Gasteiger partial charge in [0.15, 0.2) is 17.3 Å². The molecular formula is C20H27N7O2. The second kappa shape index (κ2) is 7.38. The van der Waals surface area contributed by atoms with Crippen molar-refractivity contribution >= 4 is 18.0 Å². The van der Waals surface area contributed by atoms with Crippen LogP contribution in [0.1, 0.15) is 32.6 Å². The minimum absolute atomic E-state index is 0.102. The number of para-hydroxylation sites is 1. The van der Waals surface area contributed by atoms with Crippen LogP contribution in [0.4, 0.5) is 5.69 Å². The van der Waals surface area contributed by atoms with E-state index in [1.807, 2.05) is 24.0 Å². The summed E-state index contributed by atoms with van der Waals surface area (Å²) >= 11 is 0. The van der Waals surface area contributed by atoms with Crippen LogP contribution in [-0.2, 0) is 0 Å². The number of anilines is 1. The summed E-state index contributed by atoms with van der Waals surface area (Å²) in [5.74, 6) is 3.11. The Morgan fingerprint density at radius 3 is 2.52 bits per heavy atom. The third-order valence-electron chi connectivity index (χ3n) is 5.68. The molecule has 9 nitrogen and oxygen atoms in total. The zero-order valence-corrected chi connectivity index (χ0v) is 16.7. The van der Waals surface area contributed by atoms with Crippen LogP contribution in [-0.4, -0.2) is 65.1 Å². The third kappa shape index (κ3) is 3.10. The van der Waals surface area contributed by atoms with Gasteiger partial charge >= 0.3 is 0 Å². The molecule has 4 aliphatic rings. The van der Waals surface area contributed by atoms with E-state index in [4.69, 9.17) is 9.73 Å². The molecule has 1 aromatic rings. The maximum absolute atomic E-state index is 10.8. The molecule has 2 saturated heterocycles. The number of phenolic OH excluding ortho intramolecular Hbond substituents is 1. The van der Waals surface area contributed by atoms with Gasteiger partial charge in [0.25, 0.3) is 0 Å². The summed E-state index contributed by atoms with van der Waals surface area (Å²) in [6, 6.07) is 5.51. The maximum atomic E-state index is 10.8. The molecule has 0 unspecified atom stereocenters. The van der Waals surface area contributed by atoms with Gasteiger partial charge in [-0.1, -0.05) is 6.07 Å². The predicted octanol–water partition coefficient (Wildman–Crippen LogP) is 2.05. The average Bonchev–Trinajstić information content (AvgIpc) is 3.50. The van der Waals surface area contributed by atoms with Gasteiger partial charge in [-0.3, -0.25) is 4.90 Å². The van der Waals surface area contributed by atoms with Gasteiger partial charge in [0.1, 0.15) is 6.34 Å². The molecule has 29 heavy (non-hydrogen) atoms. The molecule has 4 heterocycles. The number of aromatic hydroxyl groups is 1. The van der Waals surface area contributed by atoms with Crippen LogP contribution in [0.2, 0.25) is 0 Å². The van der Waals surface area contributed by atoms with Crippen molar-refractivity contribution in [3.63, 3.8) is 0 Å². The Balaban J connectivity index is 1.57. The van der Waals surface area contributed by atoms with E-state index in [1.165, 1.54) is 12.8 Å². The topological polar surface area (TPSA) is 79.2 Å². The zero-order chi connectivity index (χ0) is 19.8. The number of benzene rings is 1. The quantitative estimate of drug-likeness (QED) is 0.805. The molecule has 2 N–H and O–H groups in total. The van der Waals surface area contributed by atoms with Crippen LogP contribution in [0.5, 0.6) is 11.5 Å². The first kappa shape index (κ1) is 18.0. The summed E-state index contributed by atoms with van der Waals surface area (Å²) in [5, 5.41) is 17.1. The molecule has 0 radical (unpaired) electrons. The van der Waals surface area contributed by atoms with Crippen LogP contribution < -0.4 is 15.1 Å². The number of fused-ring (bicyclic) bond motifs is 1. The molecule has 154 valence electrons. The summed E-state index contributed by atoms with van der Waals surface area (Å²) in [6.07, 6.45) is 6.40. The lowest BCUT2D eigenvalue weighted by Gasteiger charge is -2.35. The minimum Gasteiger partial charge on any atom is -0.503 e. The van der Waals surface area contributed by atoms with Crippen molar-refractivity contribution < 1.29 is 9.84 Å². The minimum atomic E-state index is 0.102. The van der Waals surface area contributed by atoms with Crippen molar-refractivity contribution in [1.29, 1.82) is 0 Å². The van der Waals surface area contributed by atoms with Crippen LogP contribution in [0.3, 0.4) is 0 Å². The Morgan fingerprint density at radius 2 is 1.79 bits per heavy atom. The summed E-state index contributed by atoms with van der Waals surface area (Å²) in [6.45, 7) is 6.35. The van der Waals surface area contributed by atoms with Gasteiger partial charge in [-0.25, -0.2) is 5.43 Å². The Kier molecular flexibility index (Phi) is 4.57. The van der Waals surface area contributed by atoms with Crippen molar-refractivity contribution in [3.05, 3.63) is 29.8 Å². The van der Waals surface area contributed by atoms with Crippen molar-refractivity contribution in [1.82, 2.24) is 20.3 Å². The number of hydrogen-bond donors (Lipinski definition) is 2. The highest BCUT2D eigenvalue weighted by Crippen LogP contribution is 2.40. The number of ether oxygens (including phenoxy) is 1. The van der Waals surface area contributed by atoms with Crippen molar-refractivity contribution in [2.45, 2.75) is 32.6 Å². The van der Waals surface area contributed by atoms with Gasteiger partial charge in [-0.2, -0.15) is 4.99 Å². The molecule has 1 aromatic carbocycles. The van der Waals surface area contributed by atoms with Crippen molar-refractivity contribution in [2.75, 3.05) is 37.7 Å². The molecule has 9 heteroatoms. The fraction of sp³-hybridized carbons (Fsp3) is 0.500. The van der Waals surface area contributed by atoms with E-state index >= 15 is 0 Å². The highest BCUT2D eigenvalue weighted by Gasteiger charge is 2.37. The maximum Gasteiger partial charge on any atom is 0.221 e. The summed E-state index contributed by atoms with van der Waals surface area (Å²) in [5.41, 5.74) is 3.96. The van der Waals surface area contributed by atoms with Crippen LogP contribution in [0, 0.1) is 0 Å². The Labute approximate surface area is 170 Å². The largest absolute Gasteiger partial charge is 0.503 e. The molecule has 0 spiro atoms. The van der Waals surface area contributed by atoms with Crippen LogP contribution in [0.15, 0.2) is 39.9 Å². The lowest BCUT2D eigenvalue weighted by atomic mass is 10.2. The molecule has 0 bridgehead atoms. The number of aliphatic imine (C=N–C) groups is 1. The zero-order valence-electron chi connectivity index (χ0n) is 16.7. The number of phenols is 1. The third-order valence-corrected chi connectivity index (χ3v) is 5.68. The predicted molar refractivity (Wildman–Crippen MR) is 111 cm³/mol. The smallest absolute Gasteiger partial charge is 0.221 e. The number of likely N-dealkylation sites (tertiary alicyclic amines) is 2. The lowest BCUT2D eigenvalue weighted by Crippen LogP contribution is -2.51. The Hall–Kier alpha value is -3.10. The summed E-state index contributed by atoms with van der Waals surface area (Å²) in [4.78, 5) is 11.5. The number of nitrogens with zero attached hydrogens (tertiary/aromatic N) is 6. The first-order valence-corrected chi connectivity index (χ1v) is 10.4. The standard InChI is InChI=1S/C20H27N7O2/c1-2-29-16-9-7-8-15(17(16)28)26-14-21-27-19(26)18(24-10-3-4-11-24)22-20(23-27)25-12-5-6-13-25/h7-9,14,28H,2-6,10-13H2,1H3,(H,22,23). The highest BCUT2D eigenvalue weighted by atomic mass is 16.5. The van der Waals surface area contributed by atoms with Crippen LogP contribution in [0.25, 0.3) is 0 Å². The van der Waals surface area contributed by atoms with Gasteiger partial charge in [0.05, 0.1) is 12.3 Å². The molecule has 0 amide bonds. The number of hydrazine groups is 1. The van der Waals surface area contributed by atoms with Gasteiger partial charge in [-0.15, -0.1) is 10.2 Å². The SMILES string of the molecule is CCOc1cccc(N2C=NN3NC(N4CCCC4)=NC(N4CCCC4)=C32)c1O. The van der Waals surface area contributed by atoms with E-state index in [9.17, 15) is 5.11 Å². The normalized spacial score (nSPS) is 21.1. The number of hydrogen-bond acceptors (Lipinski definition) is 9. The second-order valence-corrected chi connectivity index (χ2v) is 7.55.